The number of rotatable bonds is 8. The molecular weight excluding hydrogens is 304 g/mol. The molecule has 0 N–H and O–H groups in total. The lowest BCUT2D eigenvalue weighted by molar-refractivity contribution is -1.10. The molecular formula is C19H35N2O3+. The Morgan fingerprint density at radius 1 is 0.875 bits per heavy atom. The largest absolute Gasteiger partial charge is 0.370 e. The summed E-state index contributed by atoms with van der Waals surface area (Å²) in [5.41, 5.74) is 0. The van der Waals surface area contributed by atoms with Crippen LogP contribution in [0.2, 0.25) is 0 Å². The molecule has 5 nitrogen and oxygen atoms in total. The predicted octanol–water partition coefficient (Wildman–Crippen LogP) is 2.76. The summed E-state index contributed by atoms with van der Waals surface area (Å²) < 4.78 is 11.9. The molecule has 2 aliphatic heterocycles. The molecule has 0 bridgehead atoms. The van der Waals surface area contributed by atoms with E-state index in [1.165, 1.54) is 51.4 Å². The fraction of sp³-hybridized carbons (Fsp3) is 1.00. The van der Waals surface area contributed by atoms with Gasteiger partial charge in [-0.15, -0.1) is 10.0 Å². The van der Waals surface area contributed by atoms with Crippen molar-refractivity contribution in [3.05, 3.63) is 0 Å². The number of hydrogen-bond acceptors (Lipinski definition) is 4. The van der Waals surface area contributed by atoms with E-state index in [2.05, 4.69) is 26.2 Å². The number of fused-ring (bicyclic) bond motifs is 2. The Morgan fingerprint density at radius 3 is 2.04 bits per heavy atom. The zero-order valence-electron chi connectivity index (χ0n) is 15.7. The van der Waals surface area contributed by atoms with Crippen LogP contribution in [0.4, 0.5) is 0 Å². The van der Waals surface area contributed by atoms with Crippen molar-refractivity contribution in [2.75, 3.05) is 34.2 Å². The van der Waals surface area contributed by atoms with Crippen molar-refractivity contribution >= 4 is 0 Å². The van der Waals surface area contributed by atoms with E-state index in [0.717, 1.165) is 24.9 Å². The molecule has 0 aromatic carbocycles. The van der Waals surface area contributed by atoms with Crippen LogP contribution in [0.15, 0.2) is 0 Å². The van der Waals surface area contributed by atoms with Crippen molar-refractivity contribution in [2.24, 2.45) is 11.8 Å². The predicted molar refractivity (Wildman–Crippen MR) is 91.9 cm³/mol. The molecule has 4 fully saturated rings. The van der Waals surface area contributed by atoms with Gasteiger partial charge in [-0.2, -0.15) is 4.65 Å². The van der Waals surface area contributed by atoms with E-state index in [0.29, 0.717) is 29.1 Å². The van der Waals surface area contributed by atoms with Gasteiger partial charge in [0.1, 0.15) is 20.6 Å². The average Bonchev–Trinajstić information content (AvgIpc) is 3.43. The lowest BCUT2D eigenvalue weighted by atomic mass is 9.87. The van der Waals surface area contributed by atoms with Crippen LogP contribution < -0.4 is 0 Å². The first-order chi connectivity index (χ1) is 11.5. The maximum absolute atomic E-state index is 6.20. The first-order valence-electron chi connectivity index (χ1n) is 10.0. The van der Waals surface area contributed by atoms with Crippen molar-refractivity contribution in [2.45, 2.75) is 75.8 Å². The van der Waals surface area contributed by atoms with Crippen LogP contribution in [-0.4, -0.2) is 68.4 Å². The van der Waals surface area contributed by atoms with Gasteiger partial charge in [0.2, 0.25) is 0 Å². The smallest absolute Gasteiger partial charge is 0.110 e. The van der Waals surface area contributed by atoms with Gasteiger partial charge in [-0.1, -0.05) is 0 Å². The minimum absolute atomic E-state index is 0.590. The second-order valence-corrected chi connectivity index (χ2v) is 9.09. The maximum Gasteiger partial charge on any atom is 0.110 e. The monoisotopic (exact) mass is 339 g/mol. The molecule has 6 atom stereocenters. The average molecular weight is 340 g/mol. The Labute approximate surface area is 146 Å². The molecule has 0 spiro atoms. The molecule has 0 aromatic rings. The van der Waals surface area contributed by atoms with E-state index >= 15 is 0 Å². The summed E-state index contributed by atoms with van der Waals surface area (Å²) in [7, 11) is 6.44. The topological polar surface area (TPSA) is 37.5 Å². The van der Waals surface area contributed by atoms with E-state index in [-0.39, 0.29) is 0 Å². The van der Waals surface area contributed by atoms with Crippen molar-refractivity contribution in [3.63, 3.8) is 0 Å². The van der Waals surface area contributed by atoms with E-state index in [9.17, 15) is 0 Å². The van der Waals surface area contributed by atoms with Gasteiger partial charge in [-0.25, -0.2) is 0 Å². The number of quaternary nitrogens is 1. The zero-order chi connectivity index (χ0) is 16.7. The first kappa shape index (κ1) is 17.2. The molecule has 2 saturated heterocycles. The van der Waals surface area contributed by atoms with Gasteiger partial charge in [0.05, 0.1) is 24.4 Å². The van der Waals surface area contributed by atoms with Gasteiger partial charge in [0, 0.05) is 20.0 Å². The van der Waals surface area contributed by atoms with Crippen molar-refractivity contribution in [1.82, 2.24) is 5.06 Å². The van der Waals surface area contributed by atoms with Crippen molar-refractivity contribution in [1.29, 1.82) is 0 Å². The molecule has 2 heterocycles. The minimum atomic E-state index is 0.590. The zero-order valence-corrected chi connectivity index (χ0v) is 15.7. The molecule has 24 heavy (non-hydrogen) atoms. The lowest BCUT2D eigenvalue weighted by Crippen LogP contribution is -2.46. The van der Waals surface area contributed by atoms with Crippen LogP contribution in [-0.2, 0) is 14.4 Å². The highest BCUT2D eigenvalue weighted by Gasteiger charge is 2.44. The highest BCUT2D eigenvalue weighted by atomic mass is 16.9. The Morgan fingerprint density at radius 2 is 1.46 bits per heavy atom. The molecule has 6 unspecified atom stereocenters. The van der Waals surface area contributed by atoms with Crippen LogP contribution in [0.25, 0.3) is 0 Å². The van der Waals surface area contributed by atoms with E-state index in [4.69, 9.17) is 14.4 Å². The number of hydroxylamine groups is 5. The van der Waals surface area contributed by atoms with Gasteiger partial charge in [0.25, 0.3) is 0 Å². The SMILES string of the molecule is CN(CCC1CCC2OC2C1)O[N+](C)(C)CCC1CCC2OC2C1. The van der Waals surface area contributed by atoms with Crippen molar-refractivity contribution < 1.29 is 19.1 Å². The highest BCUT2D eigenvalue weighted by Crippen LogP contribution is 2.41. The fourth-order valence-electron chi connectivity index (χ4n) is 4.81. The van der Waals surface area contributed by atoms with E-state index in [1.807, 2.05) is 0 Å². The number of ether oxygens (including phenoxy) is 2. The van der Waals surface area contributed by atoms with Gasteiger partial charge < -0.3 is 9.47 Å². The van der Waals surface area contributed by atoms with E-state index in [1.54, 1.807) is 0 Å². The summed E-state index contributed by atoms with van der Waals surface area (Å²) in [6.07, 6.45) is 12.6. The third kappa shape index (κ3) is 4.50. The van der Waals surface area contributed by atoms with Crippen molar-refractivity contribution in [3.8, 4) is 0 Å². The van der Waals surface area contributed by atoms with E-state index < -0.39 is 0 Å². The summed E-state index contributed by atoms with van der Waals surface area (Å²) in [6.45, 7) is 2.10. The molecule has 4 aliphatic rings. The Bertz CT molecular complexity index is 444. The standard InChI is InChI=1S/C19H35N2O3/c1-20(10-8-14-4-6-16-18(12-14)22-16)24-21(2,3)11-9-15-5-7-17-19(13-15)23-17/h14-19H,4-13H2,1-3H3/q+1. The molecule has 0 radical (unpaired) electrons. The summed E-state index contributed by atoms with van der Waals surface area (Å²) in [5.74, 6) is 1.65. The second-order valence-electron chi connectivity index (χ2n) is 9.09. The second kappa shape index (κ2) is 6.84. The Hall–Kier alpha value is -0.200. The molecule has 5 heteroatoms. The van der Waals surface area contributed by atoms with Gasteiger partial charge in [0.15, 0.2) is 0 Å². The number of epoxide rings is 2. The molecule has 0 amide bonds. The third-order valence-corrected chi connectivity index (χ3v) is 6.51. The fourth-order valence-corrected chi connectivity index (χ4v) is 4.81. The maximum atomic E-state index is 6.20. The van der Waals surface area contributed by atoms with Gasteiger partial charge in [-0.3, -0.25) is 0 Å². The summed E-state index contributed by atoms with van der Waals surface area (Å²) in [5, 5.41) is 2.06. The minimum Gasteiger partial charge on any atom is -0.370 e. The third-order valence-electron chi connectivity index (χ3n) is 6.51. The molecule has 2 aliphatic carbocycles. The van der Waals surface area contributed by atoms with Gasteiger partial charge in [-0.05, 0) is 56.8 Å². The summed E-state index contributed by atoms with van der Waals surface area (Å²) in [6, 6.07) is 0. The molecule has 138 valence electrons. The van der Waals surface area contributed by atoms with Crippen LogP contribution in [0, 0.1) is 11.8 Å². The Balaban J connectivity index is 1.13. The summed E-state index contributed by atoms with van der Waals surface area (Å²) >= 11 is 0. The summed E-state index contributed by atoms with van der Waals surface area (Å²) in [4.78, 5) is 6.20. The van der Waals surface area contributed by atoms with Crippen LogP contribution in [0.3, 0.4) is 0 Å². The normalized spacial score (nSPS) is 41.0. The molecule has 4 rings (SSSR count). The Kier molecular flexibility index (Phi) is 4.91. The van der Waals surface area contributed by atoms with Crippen LogP contribution in [0.1, 0.15) is 51.4 Å². The lowest BCUT2D eigenvalue weighted by Gasteiger charge is -2.32. The number of hydrogen-bond donors (Lipinski definition) is 0. The number of nitrogens with zero attached hydrogens (tertiary/aromatic N) is 2. The van der Waals surface area contributed by atoms with Crippen LogP contribution >= 0.6 is 0 Å². The van der Waals surface area contributed by atoms with Gasteiger partial charge >= 0.3 is 0 Å². The molecule has 2 saturated carbocycles. The molecule has 0 aromatic heterocycles. The van der Waals surface area contributed by atoms with Crippen LogP contribution in [0.5, 0.6) is 0 Å². The quantitative estimate of drug-likeness (QED) is 0.387. The first-order valence-corrected chi connectivity index (χ1v) is 10.0. The highest BCUT2D eigenvalue weighted by molar-refractivity contribution is 4.92.